The van der Waals surface area contributed by atoms with Gasteiger partial charge in [-0.3, -0.25) is 4.79 Å². The average Bonchev–Trinajstić information content (AvgIpc) is 2.76. The van der Waals surface area contributed by atoms with E-state index in [1.165, 1.54) is 22.3 Å². The van der Waals surface area contributed by atoms with Crippen molar-refractivity contribution in [3.63, 3.8) is 0 Å². The second-order valence-corrected chi connectivity index (χ2v) is 6.90. The molecule has 0 aromatic heterocycles. The lowest BCUT2D eigenvalue weighted by Gasteiger charge is -2.35. The quantitative estimate of drug-likeness (QED) is 0.842. The molecule has 1 aliphatic heterocycles. The molecule has 0 spiro atoms. The van der Waals surface area contributed by atoms with E-state index < -0.39 is 0 Å². The minimum absolute atomic E-state index is 0.143. The minimum atomic E-state index is 0.143. The first-order chi connectivity index (χ1) is 12.1. The highest BCUT2D eigenvalue weighted by molar-refractivity contribution is 5.74. The van der Waals surface area contributed by atoms with Crippen LogP contribution in [0, 0.1) is 0 Å². The normalized spacial score (nSPS) is 21.0. The molecule has 4 rings (SSSR count). The number of carbonyl (C=O) groups is 1. The molecular weight excluding hydrogens is 314 g/mol. The van der Waals surface area contributed by atoms with Crippen molar-refractivity contribution in [1.82, 2.24) is 4.90 Å². The van der Waals surface area contributed by atoms with Crippen LogP contribution in [0.3, 0.4) is 0 Å². The highest BCUT2D eigenvalue weighted by atomic mass is 16.5. The molecule has 130 valence electrons. The van der Waals surface area contributed by atoms with Crippen molar-refractivity contribution in [2.75, 3.05) is 14.2 Å². The maximum atomic E-state index is 12.3. The van der Waals surface area contributed by atoms with Crippen molar-refractivity contribution >= 4 is 5.91 Å². The molecule has 1 aliphatic carbocycles. The SMILES string of the molecule is COc1cc2c(cc1OC)[C@@H]1C[C@H](C2)N(C(C)=O)Cc2ccccc21. The number of hydrogen-bond donors (Lipinski definition) is 0. The molecule has 1 heterocycles. The Morgan fingerprint density at radius 1 is 1.04 bits per heavy atom. The number of methoxy groups -OCH3 is 2. The molecule has 0 N–H and O–H groups in total. The number of hydrogen-bond acceptors (Lipinski definition) is 3. The third-order valence-electron chi connectivity index (χ3n) is 5.60. The lowest BCUT2D eigenvalue weighted by atomic mass is 9.76. The number of rotatable bonds is 2. The predicted molar refractivity (Wildman–Crippen MR) is 96.2 cm³/mol. The summed E-state index contributed by atoms with van der Waals surface area (Å²) in [5, 5.41) is 0. The van der Waals surface area contributed by atoms with Crippen molar-refractivity contribution in [3.8, 4) is 11.5 Å². The number of nitrogens with zero attached hydrogens (tertiary/aromatic N) is 1. The number of fused-ring (bicyclic) bond motifs is 6. The van der Waals surface area contributed by atoms with E-state index in [2.05, 4.69) is 36.4 Å². The van der Waals surface area contributed by atoms with Crippen LogP contribution in [0.15, 0.2) is 36.4 Å². The highest BCUT2D eigenvalue weighted by Crippen LogP contribution is 2.46. The Hall–Kier alpha value is -2.49. The third-order valence-corrected chi connectivity index (χ3v) is 5.60. The average molecular weight is 337 g/mol. The zero-order valence-electron chi connectivity index (χ0n) is 14.9. The van der Waals surface area contributed by atoms with Crippen LogP contribution in [0.4, 0.5) is 0 Å². The van der Waals surface area contributed by atoms with Gasteiger partial charge in [0.05, 0.1) is 14.2 Å². The number of carbonyl (C=O) groups excluding carboxylic acids is 1. The molecule has 0 fully saturated rings. The molecule has 0 saturated heterocycles. The first kappa shape index (κ1) is 16.0. The summed E-state index contributed by atoms with van der Waals surface area (Å²) in [5.74, 6) is 1.95. The van der Waals surface area contributed by atoms with E-state index >= 15 is 0 Å². The summed E-state index contributed by atoms with van der Waals surface area (Å²) < 4.78 is 11.0. The smallest absolute Gasteiger partial charge is 0.220 e. The van der Waals surface area contributed by atoms with Crippen LogP contribution in [0.5, 0.6) is 11.5 Å². The maximum Gasteiger partial charge on any atom is 0.220 e. The Morgan fingerprint density at radius 3 is 2.48 bits per heavy atom. The van der Waals surface area contributed by atoms with Gasteiger partial charge in [0.2, 0.25) is 5.91 Å². The van der Waals surface area contributed by atoms with Gasteiger partial charge in [0.1, 0.15) is 0 Å². The predicted octanol–water partition coefficient (Wildman–Crippen LogP) is 3.51. The Labute approximate surface area is 148 Å². The summed E-state index contributed by atoms with van der Waals surface area (Å²) in [5.41, 5.74) is 5.12. The van der Waals surface area contributed by atoms with Crippen LogP contribution < -0.4 is 9.47 Å². The minimum Gasteiger partial charge on any atom is -0.493 e. The van der Waals surface area contributed by atoms with Gasteiger partial charge in [0, 0.05) is 25.4 Å². The van der Waals surface area contributed by atoms with E-state index in [0.717, 1.165) is 24.3 Å². The zero-order valence-corrected chi connectivity index (χ0v) is 14.9. The molecule has 4 heteroatoms. The van der Waals surface area contributed by atoms with Gasteiger partial charge in [-0.05, 0) is 47.2 Å². The second-order valence-electron chi connectivity index (χ2n) is 6.90. The van der Waals surface area contributed by atoms with Gasteiger partial charge in [-0.25, -0.2) is 0 Å². The van der Waals surface area contributed by atoms with Crippen LogP contribution in [-0.4, -0.2) is 31.1 Å². The van der Waals surface area contributed by atoms with Crippen LogP contribution in [0.2, 0.25) is 0 Å². The van der Waals surface area contributed by atoms with Crippen LogP contribution in [-0.2, 0) is 17.8 Å². The Morgan fingerprint density at radius 2 is 1.76 bits per heavy atom. The molecule has 1 amide bonds. The Balaban J connectivity index is 1.91. The Bertz CT molecular complexity index is 830. The van der Waals surface area contributed by atoms with E-state index in [0.29, 0.717) is 6.54 Å². The zero-order chi connectivity index (χ0) is 17.6. The standard InChI is InChI=1S/C21H23NO3/c1-13(23)22-12-14-6-4-5-7-17(14)19-10-16(22)8-15-9-20(24-2)21(25-3)11-18(15)19/h4-7,9,11,16,19H,8,10,12H2,1-3H3/t16-,19+/m0/s1. The van der Waals surface area contributed by atoms with Crippen LogP contribution >= 0.6 is 0 Å². The van der Waals surface area contributed by atoms with E-state index in [-0.39, 0.29) is 17.9 Å². The summed E-state index contributed by atoms with van der Waals surface area (Å²) in [4.78, 5) is 14.3. The van der Waals surface area contributed by atoms with Gasteiger partial charge in [-0.15, -0.1) is 0 Å². The molecule has 2 aromatic rings. The van der Waals surface area contributed by atoms with Gasteiger partial charge >= 0.3 is 0 Å². The van der Waals surface area contributed by atoms with E-state index in [9.17, 15) is 4.79 Å². The summed E-state index contributed by atoms with van der Waals surface area (Å²) in [6.45, 7) is 2.36. The number of amides is 1. The van der Waals surface area contributed by atoms with Crippen LogP contribution in [0.25, 0.3) is 0 Å². The molecule has 2 bridgehead atoms. The lowest BCUT2D eigenvalue weighted by Crippen LogP contribution is -2.41. The van der Waals surface area contributed by atoms with E-state index in [1.54, 1.807) is 21.1 Å². The van der Waals surface area contributed by atoms with Crippen molar-refractivity contribution in [2.45, 2.75) is 38.3 Å². The van der Waals surface area contributed by atoms with Crippen molar-refractivity contribution in [3.05, 3.63) is 58.7 Å². The molecule has 0 saturated carbocycles. The van der Waals surface area contributed by atoms with Gasteiger partial charge in [-0.1, -0.05) is 24.3 Å². The second kappa shape index (κ2) is 6.10. The monoisotopic (exact) mass is 337 g/mol. The summed E-state index contributed by atoms with van der Waals surface area (Å²) in [6.07, 6.45) is 1.82. The lowest BCUT2D eigenvalue weighted by molar-refractivity contribution is -0.132. The fraction of sp³-hybridized carbons (Fsp3) is 0.381. The van der Waals surface area contributed by atoms with Gasteiger partial charge < -0.3 is 14.4 Å². The Kier molecular flexibility index (Phi) is 3.91. The van der Waals surface area contributed by atoms with Gasteiger partial charge in [0.15, 0.2) is 11.5 Å². The fourth-order valence-electron chi connectivity index (χ4n) is 4.41. The summed E-state index contributed by atoms with van der Waals surface area (Å²) in [7, 11) is 3.34. The largest absolute Gasteiger partial charge is 0.493 e. The number of benzene rings is 2. The molecular formula is C21H23NO3. The third kappa shape index (κ3) is 2.56. The van der Waals surface area contributed by atoms with Gasteiger partial charge in [-0.2, -0.15) is 0 Å². The summed E-state index contributed by atoms with van der Waals surface area (Å²) in [6, 6.07) is 12.9. The first-order valence-corrected chi connectivity index (χ1v) is 8.72. The van der Waals surface area contributed by atoms with Crippen molar-refractivity contribution in [1.29, 1.82) is 0 Å². The van der Waals surface area contributed by atoms with E-state index in [1.807, 2.05) is 4.90 Å². The number of ether oxygens (including phenoxy) is 2. The first-order valence-electron chi connectivity index (χ1n) is 8.72. The van der Waals surface area contributed by atoms with E-state index in [4.69, 9.17) is 9.47 Å². The summed E-state index contributed by atoms with van der Waals surface area (Å²) >= 11 is 0. The van der Waals surface area contributed by atoms with Crippen molar-refractivity contribution in [2.24, 2.45) is 0 Å². The molecule has 0 unspecified atom stereocenters. The molecule has 2 aliphatic rings. The molecule has 0 radical (unpaired) electrons. The van der Waals surface area contributed by atoms with Gasteiger partial charge in [0.25, 0.3) is 0 Å². The van der Waals surface area contributed by atoms with Crippen molar-refractivity contribution < 1.29 is 14.3 Å². The molecule has 4 nitrogen and oxygen atoms in total. The molecule has 2 atom stereocenters. The highest BCUT2D eigenvalue weighted by Gasteiger charge is 2.37. The fourth-order valence-corrected chi connectivity index (χ4v) is 4.41. The topological polar surface area (TPSA) is 38.8 Å². The van der Waals surface area contributed by atoms with Crippen LogP contribution in [0.1, 0.15) is 41.5 Å². The maximum absolute atomic E-state index is 12.3. The molecule has 25 heavy (non-hydrogen) atoms. The molecule has 2 aromatic carbocycles.